The number of methoxy groups -OCH3 is 1. The zero-order chi connectivity index (χ0) is 13.8. The number of benzene rings is 2. The second-order valence-corrected chi connectivity index (χ2v) is 4.67. The Labute approximate surface area is 114 Å². The van der Waals surface area contributed by atoms with E-state index in [0.717, 1.165) is 16.7 Å². The van der Waals surface area contributed by atoms with Crippen molar-refractivity contribution in [3.8, 4) is 5.75 Å². The van der Waals surface area contributed by atoms with E-state index in [4.69, 9.17) is 4.74 Å². The van der Waals surface area contributed by atoms with Crippen molar-refractivity contribution in [2.45, 2.75) is 20.3 Å². The van der Waals surface area contributed by atoms with E-state index >= 15 is 0 Å². The van der Waals surface area contributed by atoms with Crippen LogP contribution in [0.2, 0.25) is 0 Å². The van der Waals surface area contributed by atoms with Crippen LogP contribution < -0.4 is 4.74 Å². The number of rotatable bonds is 4. The predicted molar refractivity (Wildman–Crippen MR) is 76.9 cm³/mol. The van der Waals surface area contributed by atoms with Crippen LogP contribution in [0.1, 0.15) is 27.0 Å². The lowest BCUT2D eigenvalue weighted by Crippen LogP contribution is -2.08. The van der Waals surface area contributed by atoms with Crippen LogP contribution in [0.15, 0.2) is 42.5 Å². The number of hydrogen-bond acceptors (Lipinski definition) is 2. The molecule has 2 rings (SSSR count). The summed E-state index contributed by atoms with van der Waals surface area (Å²) in [4.78, 5) is 12.4. The van der Waals surface area contributed by atoms with Crippen molar-refractivity contribution < 1.29 is 9.53 Å². The third-order valence-corrected chi connectivity index (χ3v) is 3.39. The predicted octanol–water partition coefficient (Wildman–Crippen LogP) is 3.74. The summed E-state index contributed by atoms with van der Waals surface area (Å²) in [6.45, 7) is 4.08. The fourth-order valence-corrected chi connectivity index (χ4v) is 2.26. The summed E-state index contributed by atoms with van der Waals surface area (Å²) < 4.78 is 5.24. The molecule has 0 saturated carbocycles. The number of hydrogen-bond donors (Lipinski definition) is 0. The second kappa shape index (κ2) is 5.70. The van der Waals surface area contributed by atoms with Crippen molar-refractivity contribution in [3.05, 3.63) is 64.7 Å². The topological polar surface area (TPSA) is 26.3 Å². The Kier molecular flexibility index (Phi) is 4.00. The first-order valence-electron chi connectivity index (χ1n) is 6.34. The summed E-state index contributed by atoms with van der Waals surface area (Å²) in [5.41, 5.74) is 4.07. The van der Waals surface area contributed by atoms with Gasteiger partial charge in [0.25, 0.3) is 0 Å². The van der Waals surface area contributed by atoms with Crippen LogP contribution in [0.5, 0.6) is 5.75 Å². The zero-order valence-corrected chi connectivity index (χ0v) is 11.6. The van der Waals surface area contributed by atoms with Crippen molar-refractivity contribution >= 4 is 5.78 Å². The molecule has 0 heterocycles. The van der Waals surface area contributed by atoms with Crippen LogP contribution in [0, 0.1) is 13.8 Å². The molecule has 2 aromatic rings. The van der Waals surface area contributed by atoms with Crippen LogP contribution in [-0.2, 0) is 6.42 Å². The first-order chi connectivity index (χ1) is 9.13. The van der Waals surface area contributed by atoms with E-state index in [2.05, 4.69) is 0 Å². The van der Waals surface area contributed by atoms with Crippen molar-refractivity contribution in [2.24, 2.45) is 0 Å². The van der Waals surface area contributed by atoms with E-state index in [9.17, 15) is 4.79 Å². The molecule has 19 heavy (non-hydrogen) atoms. The Morgan fingerprint density at radius 3 is 2.26 bits per heavy atom. The smallest absolute Gasteiger partial charge is 0.170 e. The van der Waals surface area contributed by atoms with Crippen LogP contribution >= 0.6 is 0 Å². The molecule has 0 aliphatic heterocycles. The van der Waals surface area contributed by atoms with Gasteiger partial charge in [-0.05, 0) is 42.7 Å². The van der Waals surface area contributed by atoms with Gasteiger partial charge in [-0.3, -0.25) is 4.79 Å². The second-order valence-electron chi connectivity index (χ2n) is 4.67. The zero-order valence-electron chi connectivity index (χ0n) is 11.6. The van der Waals surface area contributed by atoms with Crippen molar-refractivity contribution in [2.75, 3.05) is 7.11 Å². The molecule has 0 fully saturated rings. The van der Waals surface area contributed by atoms with Gasteiger partial charge in [-0.1, -0.05) is 30.3 Å². The average molecular weight is 254 g/mol. The third-order valence-electron chi connectivity index (χ3n) is 3.39. The van der Waals surface area contributed by atoms with Crippen LogP contribution in [0.3, 0.4) is 0 Å². The Morgan fingerprint density at radius 1 is 1.00 bits per heavy atom. The highest BCUT2D eigenvalue weighted by Gasteiger charge is 2.14. The Bertz CT molecular complexity index is 580. The molecule has 98 valence electrons. The highest BCUT2D eigenvalue weighted by atomic mass is 16.5. The summed E-state index contributed by atoms with van der Waals surface area (Å²) in [5, 5.41) is 0. The number of Topliss-reactive ketones (excluding diaryl/α,β-unsaturated/α-hetero) is 1. The summed E-state index contributed by atoms with van der Waals surface area (Å²) in [7, 11) is 1.59. The molecular formula is C17H18O2. The summed E-state index contributed by atoms with van der Waals surface area (Å²) in [5.74, 6) is 0.730. The molecule has 0 atom stereocenters. The van der Waals surface area contributed by atoms with Gasteiger partial charge in [0, 0.05) is 6.42 Å². The lowest BCUT2D eigenvalue weighted by atomic mass is 9.95. The number of aryl methyl sites for hydroxylation is 2. The summed E-state index contributed by atoms with van der Waals surface area (Å²) >= 11 is 0. The van der Waals surface area contributed by atoms with Crippen LogP contribution in [0.25, 0.3) is 0 Å². The molecule has 0 aliphatic carbocycles. The number of ketones is 1. The van der Waals surface area contributed by atoms with Crippen LogP contribution in [0.4, 0.5) is 0 Å². The first kappa shape index (κ1) is 13.3. The van der Waals surface area contributed by atoms with Crippen molar-refractivity contribution in [1.82, 2.24) is 0 Å². The van der Waals surface area contributed by atoms with E-state index < -0.39 is 0 Å². The van der Waals surface area contributed by atoms with Gasteiger partial charge >= 0.3 is 0 Å². The molecule has 2 nitrogen and oxygen atoms in total. The van der Waals surface area contributed by atoms with Gasteiger partial charge in [0.2, 0.25) is 0 Å². The maximum Gasteiger partial charge on any atom is 0.170 e. The fourth-order valence-electron chi connectivity index (χ4n) is 2.26. The van der Waals surface area contributed by atoms with Gasteiger partial charge < -0.3 is 4.74 Å². The molecule has 0 spiro atoms. The summed E-state index contributed by atoms with van der Waals surface area (Å²) in [6.07, 6.45) is 0.416. The fraction of sp³-hybridized carbons (Fsp3) is 0.235. The monoisotopic (exact) mass is 254 g/mol. The van der Waals surface area contributed by atoms with E-state index in [1.807, 2.05) is 56.3 Å². The van der Waals surface area contributed by atoms with Gasteiger partial charge in [0.15, 0.2) is 5.78 Å². The standard InChI is InChI=1S/C17H18O2/c1-12-7-6-8-13(2)15(12)11-16(18)14-9-4-5-10-17(14)19-3/h4-10H,11H2,1-3H3. The molecule has 0 amide bonds. The minimum atomic E-state index is 0.0925. The molecule has 0 bridgehead atoms. The molecule has 0 aliphatic rings. The van der Waals surface area contributed by atoms with Gasteiger partial charge in [-0.25, -0.2) is 0 Å². The van der Waals surface area contributed by atoms with Gasteiger partial charge in [-0.15, -0.1) is 0 Å². The van der Waals surface area contributed by atoms with Crippen LogP contribution in [-0.4, -0.2) is 12.9 Å². The molecule has 2 aromatic carbocycles. The normalized spacial score (nSPS) is 10.3. The maximum atomic E-state index is 12.4. The number of carbonyl (C=O) groups excluding carboxylic acids is 1. The van der Waals surface area contributed by atoms with E-state index in [0.29, 0.717) is 17.7 Å². The van der Waals surface area contributed by atoms with Crippen molar-refractivity contribution in [1.29, 1.82) is 0 Å². The quantitative estimate of drug-likeness (QED) is 0.777. The third kappa shape index (κ3) is 2.84. The Balaban J connectivity index is 2.31. The Hall–Kier alpha value is -2.09. The SMILES string of the molecule is COc1ccccc1C(=O)Cc1c(C)cccc1C. The van der Waals surface area contributed by atoms with E-state index in [-0.39, 0.29) is 5.78 Å². The first-order valence-corrected chi connectivity index (χ1v) is 6.34. The van der Waals surface area contributed by atoms with Gasteiger partial charge in [0.1, 0.15) is 5.75 Å². The van der Waals surface area contributed by atoms with E-state index in [1.165, 1.54) is 0 Å². The minimum absolute atomic E-state index is 0.0925. The Morgan fingerprint density at radius 2 is 1.63 bits per heavy atom. The molecule has 0 saturated heterocycles. The highest BCUT2D eigenvalue weighted by Crippen LogP contribution is 2.21. The summed E-state index contributed by atoms with van der Waals surface area (Å²) in [6, 6.07) is 13.5. The van der Waals surface area contributed by atoms with Gasteiger partial charge in [0.05, 0.1) is 12.7 Å². The molecule has 0 aromatic heterocycles. The highest BCUT2D eigenvalue weighted by molar-refractivity contribution is 6.00. The van der Waals surface area contributed by atoms with Gasteiger partial charge in [-0.2, -0.15) is 0 Å². The lowest BCUT2D eigenvalue weighted by Gasteiger charge is -2.11. The number of carbonyl (C=O) groups is 1. The minimum Gasteiger partial charge on any atom is -0.496 e. The van der Waals surface area contributed by atoms with Crippen molar-refractivity contribution in [3.63, 3.8) is 0 Å². The number of ether oxygens (including phenoxy) is 1. The molecule has 2 heteroatoms. The largest absolute Gasteiger partial charge is 0.496 e. The molecule has 0 N–H and O–H groups in total. The maximum absolute atomic E-state index is 12.4. The lowest BCUT2D eigenvalue weighted by molar-refractivity contribution is 0.0989. The number of para-hydroxylation sites is 1. The molecular weight excluding hydrogens is 236 g/mol. The molecule has 0 radical (unpaired) electrons. The molecule has 0 unspecified atom stereocenters. The average Bonchev–Trinajstić information content (AvgIpc) is 2.42. The van der Waals surface area contributed by atoms with E-state index in [1.54, 1.807) is 7.11 Å².